The van der Waals surface area contributed by atoms with Crippen LogP contribution in [0.25, 0.3) is 0 Å². The second-order valence-electron chi connectivity index (χ2n) is 4.09. The first-order valence-corrected chi connectivity index (χ1v) is 5.14. The zero-order chi connectivity index (χ0) is 9.90. The monoisotopic (exact) mass is 184 g/mol. The van der Waals surface area contributed by atoms with E-state index in [1.165, 1.54) is 12.8 Å². The zero-order valence-corrected chi connectivity index (χ0v) is 8.68. The minimum atomic E-state index is -0.485. The lowest BCUT2D eigenvalue weighted by Gasteiger charge is -2.20. The van der Waals surface area contributed by atoms with Crippen LogP contribution in [0.5, 0.6) is 0 Å². The summed E-state index contributed by atoms with van der Waals surface area (Å²) in [4.78, 5) is 13.4. The fourth-order valence-electron chi connectivity index (χ4n) is 1.43. The van der Waals surface area contributed by atoms with Crippen molar-refractivity contribution in [2.45, 2.75) is 44.6 Å². The molecule has 0 saturated heterocycles. The third-order valence-electron chi connectivity index (χ3n) is 2.66. The number of amides is 1. The van der Waals surface area contributed by atoms with Crippen LogP contribution >= 0.6 is 0 Å². The summed E-state index contributed by atoms with van der Waals surface area (Å²) >= 11 is 0. The zero-order valence-electron chi connectivity index (χ0n) is 8.68. The third-order valence-corrected chi connectivity index (χ3v) is 2.66. The summed E-state index contributed by atoms with van der Waals surface area (Å²) in [5, 5.41) is 0. The van der Waals surface area contributed by atoms with Gasteiger partial charge in [-0.3, -0.25) is 4.79 Å². The number of unbranched alkanes of at least 4 members (excludes halogenated alkanes) is 2. The van der Waals surface area contributed by atoms with Crippen molar-refractivity contribution in [3.05, 3.63) is 0 Å². The molecule has 1 saturated carbocycles. The molecule has 0 aromatic rings. The molecule has 1 aliphatic carbocycles. The molecule has 76 valence electrons. The molecule has 2 N–H and O–H groups in total. The molecule has 0 aromatic heterocycles. The Bertz CT molecular complexity index is 187. The smallest absolute Gasteiger partial charge is 0.242 e. The summed E-state index contributed by atoms with van der Waals surface area (Å²) in [5.74, 6) is 0.128. The van der Waals surface area contributed by atoms with E-state index in [-0.39, 0.29) is 5.91 Å². The standard InChI is InChI=1S/C10H20N2O/c1-3-4-5-8-12(2)9(13)10(11)6-7-10/h3-8,11H2,1-2H3. The van der Waals surface area contributed by atoms with Gasteiger partial charge < -0.3 is 10.6 Å². The minimum Gasteiger partial charge on any atom is -0.344 e. The summed E-state index contributed by atoms with van der Waals surface area (Å²) in [5.41, 5.74) is 5.32. The number of rotatable bonds is 5. The van der Waals surface area contributed by atoms with Gasteiger partial charge in [-0.2, -0.15) is 0 Å². The number of likely N-dealkylation sites (N-methyl/N-ethyl adjacent to an activating group) is 1. The van der Waals surface area contributed by atoms with Gasteiger partial charge in [0.05, 0.1) is 5.54 Å². The van der Waals surface area contributed by atoms with Gasteiger partial charge >= 0.3 is 0 Å². The molecule has 0 unspecified atom stereocenters. The van der Waals surface area contributed by atoms with E-state index in [1.54, 1.807) is 4.90 Å². The second kappa shape index (κ2) is 4.09. The number of hydrogen-bond acceptors (Lipinski definition) is 2. The molecule has 0 aliphatic heterocycles. The molecule has 0 atom stereocenters. The Hall–Kier alpha value is -0.570. The molecule has 0 radical (unpaired) electrons. The fourth-order valence-corrected chi connectivity index (χ4v) is 1.43. The molecular weight excluding hydrogens is 164 g/mol. The summed E-state index contributed by atoms with van der Waals surface area (Å²) in [6.45, 7) is 3.01. The van der Waals surface area contributed by atoms with Crippen molar-refractivity contribution in [1.29, 1.82) is 0 Å². The molecule has 1 amide bonds. The minimum absolute atomic E-state index is 0.128. The molecular formula is C10H20N2O. The highest BCUT2D eigenvalue weighted by Crippen LogP contribution is 2.33. The van der Waals surface area contributed by atoms with Crippen LogP contribution < -0.4 is 5.73 Å². The molecule has 3 nitrogen and oxygen atoms in total. The van der Waals surface area contributed by atoms with Crippen LogP contribution in [0.2, 0.25) is 0 Å². The maximum absolute atomic E-state index is 11.6. The number of nitrogens with two attached hydrogens (primary N) is 1. The number of nitrogens with zero attached hydrogens (tertiary/aromatic N) is 1. The summed E-state index contributed by atoms with van der Waals surface area (Å²) in [6, 6.07) is 0. The SMILES string of the molecule is CCCCCN(C)C(=O)C1(N)CC1. The molecule has 0 aromatic carbocycles. The van der Waals surface area contributed by atoms with E-state index in [2.05, 4.69) is 6.92 Å². The highest BCUT2D eigenvalue weighted by molar-refractivity contribution is 5.88. The lowest BCUT2D eigenvalue weighted by atomic mass is 10.2. The molecule has 1 fully saturated rings. The topological polar surface area (TPSA) is 46.3 Å². The van der Waals surface area contributed by atoms with Crippen LogP contribution in [-0.4, -0.2) is 29.9 Å². The van der Waals surface area contributed by atoms with E-state index in [1.807, 2.05) is 7.05 Å². The van der Waals surface area contributed by atoms with Gasteiger partial charge in [0.1, 0.15) is 0 Å². The van der Waals surface area contributed by atoms with Crippen LogP contribution in [0.1, 0.15) is 39.0 Å². The number of carbonyl (C=O) groups excluding carboxylic acids is 1. The van der Waals surface area contributed by atoms with Crippen LogP contribution in [0.3, 0.4) is 0 Å². The van der Waals surface area contributed by atoms with E-state index < -0.39 is 5.54 Å². The lowest BCUT2D eigenvalue weighted by molar-refractivity contribution is -0.132. The van der Waals surface area contributed by atoms with Gasteiger partial charge in [-0.05, 0) is 19.3 Å². The van der Waals surface area contributed by atoms with Crippen molar-refractivity contribution >= 4 is 5.91 Å². The van der Waals surface area contributed by atoms with Crippen molar-refractivity contribution in [2.75, 3.05) is 13.6 Å². The number of hydrogen-bond donors (Lipinski definition) is 1. The molecule has 1 aliphatic rings. The predicted octanol–water partition coefficient (Wildman–Crippen LogP) is 1.13. The van der Waals surface area contributed by atoms with Gasteiger partial charge in [-0.25, -0.2) is 0 Å². The van der Waals surface area contributed by atoms with Crippen LogP contribution in [0, 0.1) is 0 Å². The molecule has 0 bridgehead atoms. The number of carbonyl (C=O) groups is 1. The molecule has 1 rings (SSSR count). The van der Waals surface area contributed by atoms with Gasteiger partial charge in [-0.15, -0.1) is 0 Å². The highest BCUT2D eigenvalue weighted by Gasteiger charge is 2.47. The second-order valence-corrected chi connectivity index (χ2v) is 4.09. The van der Waals surface area contributed by atoms with Gasteiger partial charge in [0.25, 0.3) is 0 Å². The summed E-state index contributed by atoms with van der Waals surface area (Å²) in [7, 11) is 1.85. The van der Waals surface area contributed by atoms with Crippen molar-refractivity contribution in [3.63, 3.8) is 0 Å². The normalized spacial score (nSPS) is 18.4. The van der Waals surface area contributed by atoms with Crippen LogP contribution in [0.4, 0.5) is 0 Å². The van der Waals surface area contributed by atoms with Crippen LogP contribution in [0.15, 0.2) is 0 Å². The molecule has 0 spiro atoms. The molecule has 3 heteroatoms. The first-order chi connectivity index (χ1) is 6.10. The average Bonchev–Trinajstić information content (AvgIpc) is 2.84. The Morgan fingerprint density at radius 2 is 2.08 bits per heavy atom. The lowest BCUT2D eigenvalue weighted by Crippen LogP contribution is -2.44. The molecule has 13 heavy (non-hydrogen) atoms. The first-order valence-electron chi connectivity index (χ1n) is 5.14. The Morgan fingerprint density at radius 1 is 1.46 bits per heavy atom. The summed E-state index contributed by atoms with van der Waals surface area (Å²) in [6.07, 6.45) is 5.20. The van der Waals surface area contributed by atoms with Crippen LogP contribution in [-0.2, 0) is 4.79 Å². The van der Waals surface area contributed by atoms with E-state index in [9.17, 15) is 4.79 Å². The van der Waals surface area contributed by atoms with E-state index >= 15 is 0 Å². The van der Waals surface area contributed by atoms with E-state index in [4.69, 9.17) is 5.73 Å². The van der Waals surface area contributed by atoms with E-state index in [0.717, 1.165) is 25.8 Å². The van der Waals surface area contributed by atoms with Gasteiger partial charge in [0, 0.05) is 13.6 Å². The largest absolute Gasteiger partial charge is 0.344 e. The average molecular weight is 184 g/mol. The van der Waals surface area contributed by atoms with Gasteiger partial charge in [0.2, 0.25) is 5.91 Å². The van der Waals surface area contributed by atoms with Gasteiger partial charge in [-0.1, -0.05) is 19.8 Å². The van der Waals surface area contributed by atoms with Gasteiger partial charge in [0.15, 0.2) is 0 Å². The Kier molecular flexibility index (Phi) is 3.31. The van der Waals surface area contributed by atoms with Crippen molar-refractivity contribution in [1.82, 2.24) is 4.90 Å². The Balaban J connectivity index is 2.22. The van der Waals surface area contributed by atoms with Crippen molar-refractivity contribution < 1.29 is 4.79 Å². The maximum atomic E-state index is 11.6. The quantitative estimate of drug-likeness (QED) is 0.651. The van der Waals surface area contributed by atoms with Crippen molar-refractivity contribution in [3.8, 4) is 0 Å². The fraction of sp³-hybridized carbons (Fsp3) is 0.900. The summed E-state index contributed by atoms with van der Waals surface area (Å²) < 4.78 is 0. The Labute approximate surface area is 80.3 Å². The Morgan fingerprint density at radius 3 is 2.54 bits per heavy atom. The van der Waals surface area contributed by atoms with Crippen molar-refractivity contribution in [2.24, 2.45) is 5.73 Å². The highest BCUT2D eigenvalue weighted by atomic mass is 16.2. The predicted molar refractivity (Wildman–Crippen MR) is 53.3 cm³/mol. The van der Waals surface area contributed by atoms with E-state index in [0.29, 0.717) is 0 Å². The maximum Gasteiger partial charge on any atom is 0.242 e. The third kappa shape index (κ3) is 2.69. The first kappa shape index (κ1) is 10.5. The molecule has 0 heterocycles.